The molecule has 0 N–H and O–H groups in total. The van der Waals surface area contributed by atoms with E-state index in [2.05, 4.69) is 32.6 Å². The quantitative estimate of drug-likeness (QED) is 0.363. The van der Waals surface area contributed by atoms with Crippen LogP contribution in [0.4, 0.5) is 0 Å². The summed E-state index contributed by atoms with van der Waals surface area (Å²) in [5, 5.41) is 0. The molecule has 0 radical (unpaired) electrons. The summed E-state index contributed by atoms with van der Waals surface area (Å²) in [6, 6.07) is 11.5. The predicted octanol–water partition coefficient (Wildman–Crippen LogP) is 6.48. The number of ketones is 2. The topological polar surface area (TPSA) is 90.0 Å². The second-order valence-corrected chi connectivity index (χ2v) is 14.6. The molecule has 0 unspecified atom stereocenters. The summed E-state index contributed by atoms with van der Waals surface area (Å²) in [7, 11) is -2.14. The molecule has 1 aliphatic heterocycles. The maximum atomic E-state index is 13.8. The van der Waals surface area contributed by atoms with Gasteiger partial charge < -0.3 is 13.8 Å². The van der Waals surface area contributed by atoms with Crippen LogP contribution >= 0.6 is 0 Å². The van der Waals surface area contributed by atoms with Gasteiger partial charge in [-0.2, -0.15) is 8.42 Å². The van der Waals surface area contributed by atoms with Crippen LogP contribution in [0.2, 0.25) is 0 Å². The molecule has 2 aliphatic carbocycles. The predicted molar refractivity (Wildman–Crippen MR) is 157 cm³/mol. The van der Waals surface area contributed by atoms with E-state index in [0.29, 0.717) is 29.6 Å². The molecule has 1 heterocycles. The molecule has 218 valence electrons. The summed E-state index contributed by atoms with van der Waals surface area (Å²) >= 11 is 0. The molecule has 2 aromatic rings. The summed E-state index contributed by atoms with van der Waals surface area (Å²) < 4.78 is 37.6. The minimum absolute atomic E-state index is 0.0394. The lowest BCUT2D eigenvalue weighted by Crippen LogP contribution is -2.43. The highest BCUT2D eigenvalue weighted by Gasteiger charge is 2.48. The van der Waals surface area contributed by atoms with Gasteiger partial charge in [0.2, 0.25) is 0 Å². The Morgan fingerprint density at radius 1 is 0.829 bits per heavy atom. The van der Waals surface area contributed by atoms with Crippen molar-refractivity contribution in [3.63, 3.8) is 0 Å². The van der Waals surface area contributed by atoms with Gasteiger partial charge in [-0.05, 0) is 67.3 Å². The number of carbonyl (C=O) groups excluding carboxylic acids is 2. The number of benzene rings is 2. The molecule has 8 heteroatoms. The van der Waals surface area contributed by atoms with Crippen molar-refractivity contribution in [2.24, 2.45) is 10.8 Å². The van der Waals surface area contributed by atoms with E-state index in [1.54, 1.807) is 37.3 Å². The fraction of sp³-hybridized carbons (Fsp3) is 0.455. The van der Waals surface area contributed by atoms with Crippen LogP contribution in [0, 0.1) is 17.8 Å². The smallest absolute Gasteiger partial charge is 0.339 e. The number of Topliss-reactive ketones (excluding diaryl/α,β-unsaturated/α-hetero) is 2. The Balaban J connectivity index is 1.64. The number of carbonyl (C=O) groups is 2. The summed E-state index contributed by atoms with van der Waals surface area (Å²) in [5.74, 6) is -0.170. The third kappa shape index (κ3) is 5.46. The van der Waals surface area contributed by atoms with Gasteiger partial charge in [-0.25, -0.2) is 0 Å². The minimum Gasteiger partial charge on any atom is -0.490 e. The zero-order valence-corrected chi connectivity index (χ0v) is 25.8. The van der Waals surface area contributed by atoms with E-state index in [9.17, 15) is 18.0 Å². The largest absolute Gasteiger partial charge is 0.490 e. The van der Waals surface area contributed by atoms with Gasteiger partial charge >= 0.3 is 10.1 Å². The Labute approximate surface area is 243 Å². The molecule has 0 atom stereocenters. The van der Waals surface area contributed by atoms with E-state index in [1.165, 1.54) is 12.1 Å². The van der Waals surface area contributed by atoms with E-state index in [-0.39, 0.29) is 45.4 Å². The maximum Gasteiger partial charge on any atom is 0.339 e. The van der Waals surface area contributed by atoms with Crippen molar-refractivity contribution in [1.82, 2.24) is 4.90 Å². The fourth-order valence-corrected chi connectivity index (χ4v) is 7.35. The zero-order chi connectivity index (χ0) is 29.9. The molecular weight excluding hydrogens is 538 g/mol. The highest BCUT2D eigenvalue weighted by molar-refractivity contribution is 7.87. The molecule has 2 aromatic carbocycles. The number of aryl methyl sites for hydroxylation is 1. The van der Waals surface area contributed by atoms with Crippen molar-refractivity contribution in [3.05, 3.63) is 76.1 Å². The molecule has 0 saturated heterocycles. The first-order valence-electron chi connectivity index (χ1n) is 14.2. The summed E-state index contributed by atoms with van der Waals surface area (Å²) in [6.07, 6.45) is 2.24. The van der Waals surface area contributed by atoms with Crippen LogP contribution in [0.25, 0.3) is 0 Å². The second kappa shape index (κ2) is 10.2. The Bertz CT molecular complexity index is 1540. The normalized spacial score (nSPS) is 20.6. The van der Waals surface area contributed by atoms with Gasteiger partial charge in [0.25, 0.3) is 0 Å². The van der Waals surface area contributed by atoms with Crippen LogP contribution in [-0.4, -0.2) is 38.5 Å². The Kier molecular flexibility index (Phi) is 7.21. The lowest BCUT2D eigenvalue weighted by atomic mass is 9.64. The molecule has 0 saturated carbocycles. The summed E-state index contributed by atoms with van der Waals surface area (Å²) in [5.41, 5.74) is 4.48. The molecule has 0 amide bonds. The SMILES string of the molecule is CCOc1cc(C2C3=C(CC(C)(C)CC3=O)N(C)C3=C2C(=O)CC(C)(C)C3)ccc1OS(=O)(=O)c1ccc(C)cc1. The van der Waals surface area contributed by atoms with Gasteiger partial charge in [-0.15, -0.1) is 0 Å². The number of ether oxygens (including phenoxy) is 1. The monoisotopic (exact) mass is 577 g/mol. The molecule has 3 aliphatic rings. The highest BCUT2D eigenvalue weighted by atomic mass is 32.2. The lowest BCUT2D eigenvalue weighted by molar-refractivity contribution is -0.119. The molecular formula is C33H39NO6S. The van der Waals surface area contributed by atoms with Crippen molar-refractivity contribution >= 4 is 21.7 Å². The Morgan fingerprint density at radius 2 is 1.37 bits per heavy atom. The van der Waals surface area contributed by atoms with E-state index in [0.717, 1.165) is 29.8 Å². The number of nitrogens with zero attached hydrogens (tertiary/aromatic N) is 1. The third-order valence-electron chi connectivity index (χ3n) is 8.29. The van der Waals surface area contributed by atoms with Gasteiger partial charge in [0.15, 0.2) is 23.1 Å². The lowest BCUT2D eigenvalue weighted by Gasteiger charge is -2.47. The first-order chi connectivity index (χ1) is 19.1. The van der Waals surface area contributed by atoms with Crippen molar-refractivity contribution in [3.8, 4) is 11.5 Å². The van der Waals surface area contributed by atoms with Gasteiger partial charge in [-0.3, -0.25) is 9.59 Å². The van der Waals surface area contributed by atoms with Gasteiger partial charge in [-0.1, -0.05) is 51.5 Å². The molecule has 0 fully saturated rings. The summed E-state index contributed by atoms with van der Waals surface area (Å²) in [4.78, 5) is 29.7. The molecule has 5 rings (SSSR count). The third-order valence-corrected chi connectivity index (χ3v) is 9.54. The average Bonchev–Trinajstić information content (AvgIpc) is 2.85. The number of hydrogen-bond acceptors (Lipinski definition) is 7. The van der Waals surface area contributed by atoms with Crippen LogP contribution in [-0.2, 0) is 19.7 Å². The van der Waals surface area contributed by atoms with Crippen molar-refractivity contribution in [2.75, 3.05) is 13.7 Å². The average molecular weight is 578 g/mol. The van der Waals surface area contributed by atoms with Crippen LogP contribution in [0.1, 0.15) is 77.3 Å². The van der Waals surface area contributed by atoms with Crippen LogP contribution in [0.3, 0.4) is 0 Å². The fourth-order valence-electron chi connectivity index (χ4n) is 6.41. The van der Waals surface area contributed by atoms with Crippen molar-refractivity contribution in [2.45, 2.75) is 78.0 Å². The number of hydrogen-bond donors (Lipinski definition) is 0. The van der Waals surface area contributed by atoms with Crippen molar-refractivity contribution in [1.29, 1.82) is 0 Å². The first kappa shape index (κ1) is 29.1. The van der Waals surface area contributed by atoms with E-state index >= 15 is 0 Å². The molecule has 0 bridgehead atoms. The van der Waals surface area contributed by atoms with Gasteiger partial charge in [0.1, 0.15) is 4.90 Å². The van der Waals surface area contributed by atoms with Crippen molar-refractivity contribution < 1.29 is 26.9 Å². The van der Waals surface area contributed by atoms with Gasteiger partial charge in [0, 0.05) is 48.3 Å². The number of allylic oxidation sites excluding steroid dienone is 4. The van der Waals surface area contributed by atoms with E-state index in [4.69, 9.17) is 8.92 Å². The molecule has 0 aromatic heterocycles. The van der Waals surface area contributed by atoms with Gasteiger partial charge in [0.05, 0.1) is 6.61 Å². The second-order valence-electron chi connectivity index (χ2n) is 13.1. The highest BCUT2D eigenvalue weighted by Crippen LogP contribution is 2.54. The minimum atomic E-state index is -4.11. The van der Waals surface area contributed by atoms with E-state index < -0.39 is 16.0 Å². The maximum absolute atomic E-state index is 13.8. The molecule has 0 spiro atoms. The van der Waals surface area contributed by atoms with E-state index in [1.807, 2.05) is 14.0 Å². The molecule has 7 nitrogen and oxygen atoms in total. The zero-order valence-electron chi connectivity index (χ0n) is 25.0. The summed E-state index contributed by atoms with van der Waals surface area (Å²) in [6.45, 7) is 12.4. The Morgan fingerprint density at radius 3 is 1.88 bits per heavy atom. The standard InChI is InChI=1S/C33H39NO6S/c1-8-39-28-15-21(11-14-27(28)40-41(37,38)22-12-9-20(2)10-13-22)29-30-23(16-32(3,4)18-25(30)35)34(7)24-17-33(5,6)19-26(36)31(24)29/h9-15,29H,8,16-19H2,1-7H3. The van der Waals surface area contributed by atoms with Crippen LogP contribution in [0.15, 0.2) is 69.9 Å². The first-order valence-corrected chi connectivity index (χ1v) is 15.6. The van der Waals surface area contributed by atoms with Crippen LogP contribution in [0.5, 0.6) is 11.5 Å². The van der Waals surface area contributed by atoms with Crippen LogP contribution < -0.4 is 8.92 Å². The number of rotatable bonds is 6. The Hall–Kier alpha value is -3.39. The molecule has 41 heavy (non-hydrogen) atoms.